The Kier molecular flexibility index (Phi) is 3.29. The van der Waals surface area contributed by atoms with Gasteiger partial charge in [0.25, 0.3) is 6.43 Å². The fraction of sp³-hybridized carbons (Fsp3) is 0.500. The first-order valence-electron chi connectivity index (χ1n) is 3.18. The Bertz CT molecular complexity index is 218. The third kappa shape index (κ3) is 2.60. The minimum absolute atomic E-state index is 0.299. The van der Waals surface area contributed by atoms with Crippen molar-refractivity contribution < 1.29 is 8.78 Å². The van der Waals surface area contributed by atoms with Crippen LogP contribution in [0.4, 0.5) is 8.78 Å². The highest BCUT2D eigenvalue weighted by Crippen LogP contribution is 2.16. The molecule has 0 N–H and O–H groups in total. The summed E-state index contributed by atoms with van der Waals surface area (Å²) in [5, 5.41) is 0.299. The highest BCUT2D eigenvalue weighted by Gasteiger charge is 2.18. The molecule has 0 fully saturated rings. The molecule has 0 saturated carbocycles. The van der Waals surface area contributed by atoms with Crippen LogP contribution in [0.25, 0.3) is 0 Å². The summed E-state index contributed by atoms with van der Waals surface area (Å²) in [5.41, 5.74) is -0.776. The highest BCUT2D eigenvalue weighted by molar-refractivity contribution is 6.39. The molecule has 1 atom stereocenters. The second-order valence-corrected chi connectivity index (χ2v) is 3.02. The fourth-order valence-electron chi connectivity index (χ4n) is 0.771. The quantitative estimate of drug-likeness (QED) is 0.509. The monoisotopic (exact) mass is 214 g/mol. The second-order valence-electron chi connectivity index (χ2n) is 2.19. The van der Waals surface area contributed by atoms with Crippen LogP contribution in [0.3, 0.4) is 0 Å². The van der Waals surface area contributed by atoms with E-state index in [1.165, 1.54) is 17.3 Å². The highest BCUT2D eigenvalue weighted by atomic mass is 35.5. The standard InChI is InChI=1S/C6H6Cl2F2N2/c7-4-1-11-6(8)12(2-4)3-5(9)10/h1-2,5-6H,3H2. The molecule has 0 radical (unpaired) electrons. The number of hydrogen-bond acceptors (Lipinski definition) is 2. The fourth-order valence-corrected chi connectivity index (χ4v) is 1.14. The van der Waals surface area contributed by atoms with E-state index in [-0.39, 0.29) is 0 Å². The van der Waals surface area contributed by atoms with Crippen molar-refractivity contribution in [2.24, 2.45) is 4.99 Å². The average Bonchev–Trinajstić information content (AvgIpc) is 1.96. The van der Waals surface area contributed by atoms with E-state index in [4.69, 9.17) is 23.2 Å². The maximum absolute atomic E-state index is 11.9. The number of hydrogen-bond donors (Lipinski definition) is 0. The molecule has 0 aliphatic carbocycles. The van der Waals surface area contributed by atoms with Crippen LogP contribution in [-0.4, -0.2) is 29.7 Å². The van der Waals surface area contributed by atoms with Crippen molar-refractivity contribution in [3.05, 3.63) is 11.2 Å². The Morgan fingerprint density at radius 1 is 1.67 bits per heavy atom. The van der Waals surface area contributed by atoms with Crippen molar-refractivity contribution in [3.63, 3.8) is 0 Å². The van der Waals surface area contributed by atoms with Gasteiger partial charge in [-0.2, -0.15) is 0 Å². The first-order valence-corrected chi connectivity index (χ1v) is 3.99. The van der Waals surface area contributed by atoms with Crippen LogP contribution in [0.1, 0.15) is 0 Å². The summed E-state index contributed by atoms with van der Waals surface area (Å²) in [6.07, 6.45) is 0.236. The molecular weight excluding hydrogens is 209 g/mol. The molecule has 12 heavy (non-hydrogen) atoms. The predicted molar refractivity (Wildman–Crippen MR) is 44.8 cm³/mol. The summed E-state index contributed by atoms with van der Waals surface area (Å²) in [7, 11) is 0. The van der Waals surface area contributed by atoms with E-state index < -0.39 is 18.6 Å². The van der Waals surface area contributed by atoms with Crippen LogP contribution in [0.15, 0.2) is 16.2 Å². The van der Waals surface area contributed by atoms with Crippen LogP contribution in [0.2, 0.25) is 0 Å². The van der Waals surface area contributed by atoms with E-state index in [0.29, 0.717) is 5.03 Å². The minimum Gasteiger partial charge on any atom is -0.336 e. The van der Waals surface area contributed by atoms with Gasteiger partial charge < -0.3 is 4.90 Å². The second kappa shape index (κ2) is 4.05. The van der Waals surface area contributed by atoms with E-state index >= 15 is 0 Å². The lowest BCUT2D eigenvalue weighted by molar-refractivity contribution is 0.104. The van der Waals surface area contributed by atoms with Gasteiger partial charge in [-0.1, -0.05) is 23.2 Å². The molecule has 0 amide bonds. The maximum Gasteiger partial charge on any atom is 0.255 e. The van der Waals surface area contributed by atoms with Gasteiger partial charge in [0.1, 0.15) is 0 Å². The summed E-state index contributed by atoms with van der Waals surface area (Å²) in [6.45, 7) is -0.457. The molecule has 0 saturated heterocycles. The molecular formula is C6H6Cl2F2N2. The van der Waals surface area contributed by atoms with E-state index in [0.717, 1.165) is 0 Å². The lowest BCUT2D eigenvalue weighted by atomic mass is 10.5. The molecule has 1 unspecified atom stereocenters. The van der Waals surface area contributed by atoms with Gasteiger partial charge in [-0.25, -0.2) is 8.78 Å². The molecule has 1 aliphatic heterocycles. The molecule has 0 bridgehead atoms. The third-order valence-electron chi connectivity index (χ3n) is 1.23. The van der Waals surface area contributed by atoms with Crippen LogP contribution in [0, 0.1) is 0 Å². The lowest BCUT2D eigenvalue weighted by Crippen LogP contribution is -2.31. The van der Waals surface area contributed by atoms with Crippen molar-refractivity contribution in [1.29, 1.82) is 0 Å². The van der Waals surface area contributed by atoms with Gasteiger partial charge in [0.2, 0.25) is 0 Å². The van der Waals surface area contributed by atoms with E-state index in [1.54, 1.807) is 0 Å². The van der Waals surface area contributed by atoms with Gasteiger partial charge in [-0.3, -0.25) is 4.99 Å². The van der Waals surface area contributed by atoms with E-state index in [1.807, 2.05) is 0 Å². The van der Waals surface area contributed by atoms with Crippen molar-refractivity contribution in [3.8, 4) is 0 Å². The molecule has 1 rings (SSSR count). The Balaban J connectivity index is 2.58. The van der Waals surface area contributed by atoms with Crippen molar-refractivity contribution in [2.45, 2.75) is 12.1 Å². The zero-order valence-electron chi connectivity index (χ0n) is 5.92. The average molecular weight is 215 g/mol. The zero-order valence-corrected chi connectivity index (χ0v) is 7.43. The van der Waals surface area contributed by atoms with E-state index in [2.05, 4.69) is 4.99 Å². The summed E-state index contributed by atoms with van der Waals surface area (Å²) in [5.74, 6) is 0. The van der Waals surface area contributed by atoms with Crippen molar-refractivity contribution >= 4 is 29.4 Å². The summed E-state index contributed by atoms with van der Waals surface area (Å²) in [6, 6.07) is 0. The molecule has 68 valence electrons. The summed E-state index contributed by atoms with van der Waals surface area (Å²) >= 11 is 11.1. The van der Waals surface area contributed by atoms with Crippen LogP contribution in [-0.2, 0) is 0 Å². The first-order chi connectivity index (χ1) is 5.59. The zero-order chi connectivity index (χ0) is 9.14. The minimum atomic E-state index is -2.44. The number of aliphatic imine (C=N–C) groups is 1. The van der Waals surface area contributed by atoms with Gasteiger partial charge >= 0.3 is 0 Å². The lowest BCUT2D eigenvalue weighted by Gasteiger charge is -2.25. The molecule has 1 heterocycles. The first kappa shape index (κ1) is 9.74. The molecule has 0 aromatic rings. The number of rotatable bonds is 2. The van der Waals surface area contributed by atoms with Gasteiger partial charge in [0, 0.05) is 12.4 Å². The Labute approximate surface area is 78.5 Å². The molecule has 0 spiro atoms. The number of nitrogens with zero attached hydrogens (tertiary/aromatic N) is 2. The largest absolute Gasteiger partial charge is 0.336 e. The Hall–Kier alpha value is -0.350. The number of allylic oxidation sites excluding steroid dienone is 1. The molecule has 0 aromatic carbocycles. The SMILES string of the molecule is FC(F)CN1C=C(Cl)C=NC1Cl. The predicted octanol–water partition coefficient (Wildman–Crippen LogP) is 2.24. The molecule has 2 nitrogen and oxygen atoms in total. The Morgan fingerprint density at radius 3 is 2.92 bits per heavy atom. The third-order valence-corrected chi connectivity index (χ3v) is 1.79. The number of alkyl halides is 3. The van der Waals surface area contributed by atoms with Gasteiger partial charge in [-0.05, 0) is 0 Å². The Morgan fingerprint density at radius 2 is 2.33 bits per heavy atom. The summed E-state index contributed by atoms with van der Waals surface area (Å²) in [4.78, 5) is 4.85. The van der Waals surface area contributed by atoms with Gasteiger partial charge in [0.05, 0.1) is 11.6 Å². The normalized spacial score (nSPS) is 23.2. The maximum atomic E-state index is 11.9. The van der Waals surface area contributed by atoms with Crippen molar-refractivity contribution in [2.75, 3.05) is 6.54 Å². The van der Waals surface area contributed by atoms with Crippen LogP contribution < -0.4 is 0 Å². The van der Waals surface area contributed by atoms with Gasteiger partial charge in [0.15, 0.2) is 5.62 Å². The van der Waals surface area contributed by atoms with Crippen LogP contribution in [0.5, 0.6) is 0 Å². The molecule has 6 heteroatoms. The summed E-state index contributed by atoms with van der Waals surface area (Å²) < 4.78 is 23.8. The topological polar surface area (TPSA) is 15.6 Å². The molecule has 0 aromatic heterocycles. The van der Waals surface area contributed by atoms with E-state index in [9.17, 15) is 8.78 Å². The number of halogens is 4. The van der Waals surface area contributed by atoms with Gasteiger partial charge in [-0.15, -0.1) is 0 Å². The smallest absolute Gasteiger partial charge is 0.255 e. The molecule has 1 aliphatic rings. The van der Waals surface area contributed by atoms with Crippen LogP contribution >= 0.6 is 23.2 Å². The van der Waals surface area contributed by atoms with Crippen molar-refractivity contribution in [1.82, 2.24) is 4.90 Å².